The summed E-state index contributed by atoms with van der Waals surface area (Å²) in [7, 11) is 0. The molecular formula is C22H26FNO2. The first-order valence-corrected chi connectivity index (χ1v) is 9.04. The van der Waals surface area contributed by atoms with Crippen LogP contribution in [0, 0.1) is 26.6 Å². The predicted molar refractivity (Wildman–Crippen MR) is 102 cm³/mol. The number of hydrogen-bond acceptors (Lipinski definition) is 2. The van der Waals surface area contributed by atoms with Gasteiger partial charge in [0.2, 0.25) is 5.91 Å². The second kappa shape index (κ2) is 6.75. The number of aryl methyl sites for hydroxylation is 1. The number of ether oxygens (including phenoxy) is 1. The molecule has 2 aromatic rings. The summed E-state index contributed by atoms with van der Waals surface area (Å²) in [6.07, 6.45) is 2.49. The summed E-state index contributed by atoms with van der Waals surface area (Å²) in [5, 5.41) is 2.97. The predicted octanol–water partition coefficient (Wildman–Crippen LogP) is 5.04. The maximum Gasteiger partial charge on any atom is 0.221 e. The minimum absolute atomic E-state index is 0.0615. The fraction of sp³-hybridized carbons (Fsp3) is 0.409. The fourth-order valence-electron chi connectivity index (χ4n) is 3.76. The molecule has 0 radical (unpaired) electrons. The number of amides is 1. The van der Waals surface area contributed by atoms with Crippen molar-refractivity contribution >= 4 is 11.6 Å². The molecule has 1 N–H and O–H groups in total. The van der Waals surface area contributed by atoms with Crippen molar-refractivity contribution in [1.29, 1.82) is 0 Å². The van der Waals surface area contributed by atoms with Crippen LogP contribution in [0.15, 0.2) is 24.3 Å². The number of carbonyl (C=O) groups excluding carboxylic acids is 1. The van der Waals surface area contributed by atoms with Crippen molar-refractivity contribution in [1.82, 2.24) is 0 Å². The molecule has 26 heavy (non-hydrogen) atoms. The summed E-state index contributed by atoms with van der Waals surface area (Å²) in [4.78, 5) is 11.6. The van der Waals surface area contributed by atoms with Crippen molar-refractivity contribution in [3.63, 3.8) is 0 Å². The van der Waals surface area contributed by atoms with Crippen LogP contribution in [0.2, 0.25) is 0 Å². The number of rotatable bonds is 4. The van der Waals surface area contributed by atoms with E-state index in [1.54, 1.807) is 0 Å². The Hall–Kier alpha value is -2.36. The zero-order chi connectivity index (χ0) is 19.1. The number of nitrogens with one attached hydrogen (secondary N) is 1. The lowest BCUT2D eigenvalue weighted by Crippen LogP contribution is -2.30. The van der Waals surface area contributed by atoms with Gasteiger partial charge in [0, 0.05) is 24.6 Å². The van der Waals surface area contributed by atoms with Crippen molar-refractivity contribution in [3.05, 3.63) is 57.9 Å². The van der Waals surface area contributed by atoms with Crippen molar-refractivity contribution in [2.24, 2.45) is 0 Å². The summed E-state index contributed by atoms with van der Waals surface area (Å²) >= 11 is 0. The van der Waals surface area contributed by atoms with Crippen LogP contribution in [0.4, 0.5) is 10.1 Å². The highest BCUT2D eigenvalue weighted by Crippen LogP contribution is 2.45. The van der Waals surface area contributed by atoms with Gasteiger partial charge in [0.25, 0.3) is 0 Å². The van der Waals surface area contributed by atoms with Gasteiger partial charge in [-0.2, -0.15) is 0 Å². The Kier molecular flexibility index (Phi) is 4.78. The summed E-state index contributed by atoms with van der Waals surface area (Å²) in [5.41, 5.74) is 6.12. The van der Waals surface area contributed by atoms with E-state index in [0.717, 1.165) is 53.0 Å². The Balaban J connectivity index is 1.85. The van der Waals surface area contributed by atoms with Gasteiger partial charge in [-0.25, -0.2) is 4.39 Å². The first-order valence-electron chi connectivity index (χ1n) is 9.04. The first-order chi connectivity index (χ1) is 12.2. The molecule has 3 nitrogen and oxygen atoms in total. The summed E-state index contributed by atoms with van der Waals surface area (Å²) in [6, 6.07) is 6.66. The molecule has 1 aliphatic heterocycles. The third-order valence-corrected chi connectivity index (χ3v) is 5.44. The lowest BCUT2D eigenvalue weighted by atomic mass is 9.88. The molecule has 0 bridgehead atoms. The van der Waals surface area contributed by atoms with Crippen molar-refractivity contribution in [3.8, 4) is 5.75 Å². The van der Waals surface area contributed by atoms with Crippen LogP contribution in [-0.4, -0.2) is 11.5 Å². The highest BCUT2D eigenvalue weighted by atomic mass is 19.1. The number of halogens is 1. The summed E-state index contributed by atoms with van der Waals surface area (Å²) < 4.78 is 19.5. The Morgan fingerprint density at radius 1 is 1.15 bits per heavy atom. The lowest BCUT2D eigenvalue weighted by molar-refractivity contribution is -0.114. The Morgan fingerprint density at radius 3 is 2.42 bits per heavy atom. The molecule has 1 amide bonds. The molecular weight excluding hydrogens is 329 g/mol. The van der Waals surface area contributed by atoms with Gasteiger partial charge >= 0.3 is 0 Å². The van der Waals surface area contributed by atoms with Crippen molar-refractivity contribution in [2.75, 3.05) is 5.32 Å². The van der Waals surface area contributed by atoms with Crippen LogP contribution in [0.1, 0.15) is 48.1 Å². The molecule has 1 unspecified atom stereocenters. The van der Waals surface area contributed by atoms with Crippen LogP contribution in [0.25, 0.3) is 0 Å². The largest absolute Gasteiger partial charge is 0.487 e. The van der Waals surface area contributed by atoms with E-state index in [1.807, 2.05) is 32.9 Å². The number of carbonyl (C=O) groups is 1. The number of anilines is 1. The topological polar surface area (TPSA) is 38.3 Å². The zero-order valence-corrected chi connectivity index (χ0v) is 16.1. The standard InChI is InChI=1S/C22H26FNO2/c1-13-14(2)21-19(15(3)20(13)24-16(4)25)12-22(5,26-21)11-10-17-6-8-18(23)9-7-17/h6-9H,10-12H2,1-5H3,(H,24,25). The molecule has 138 valence electrons. The van der Waals surface area contributed by atoms with Crippen LogP contribution in [0.5, 0.6) is 5.75 Å². The summed E-state index contributed by atoms with van der Waals surface area (Å²) in [5.74, 6) is 0.681. The van der Waals surface area contributed by atoms with Gasteiger partial charge in [-0.3, -0.25) is 4.79 Å². The monoisotopic (exact) mass is 355 g/mol. The molecule has 0 spiro atoms. The molecule has 1 atom stereocenters. The molecule has 0 aromatic heterocycles. The second-order valence-electron chi connectivity index (χ2n) is 7.59. The van der Waals surface area contributed by atoms with E-state index in [9.17, 15) is 9.18 Å². The molecule has 3 rings (SSSR count). The third kappa shape index (κ3) is 3.46. The maximum absolute atomic E-state index is 13.1. The smallest absolute Gasteiger partial charge is 0.221 e. The lowest BCUT2D eigenvalue weighted by Gasteiger charge is -2.24. The molecule has 0 fully saturated rings. The molecule has 0 aliphatic carbocycles. The quantitative estimate of drug-likeness (QED) is 0.835. The van der Waals surface area contributed by atoms with E-state index in [-0.39, 0.29) is 17.3 Å². The average Bonchev–Trinajstić information content (AvgIpc) is 2.95. The van der Waals surface area contributed by atoms with Crippen molar-refractivity contribution in [2.45, 2.75) is 59.5 Å². The van der Waals surface area contributed by atoms with Crippen LogP contribution < -0.4 is 10.1 Å². The minimum atomic E-state index is -0.298. The zero-order valence-electron chi connectivity index (χ0n) is 16.1. The highest BCUT2D eigenvalue weighted by Gasteiger charge is 2.37. The van der Waals surface area contributed by atoms with Gasteiger partial charge in [-0.05, 0) is 74.9 Å². The van der Waals surface area contributed by atoms with E-state index in [2.05, 4.69) is 12.2 Å². The van der Waals surface area contributed by atoms with E-state index in [1.165, 1.54) is 24.6 Å². The summed E-state index contributed by atoms with van der Waals surface area (Å²) in [6.45, 7) is 9.77. The second-order valence-corrected chi connectivity index (χ2v) is 7.59. The molecule has 1 heterocycles. The van der Waals surface area contributed by atoms with Gasteiger partial charge in [-0.1, -0.05) is 12.1 Å². The van der Waals surface area contributed by atoms with Crippen LogP contribution in [-0.2, 0) is 17.6 Å². The van der Waals surface area contributed by atoms with Gasteiger partial charge in [0.1, 0.15) is 17.2 Å². The molecule has 0 saturated carbocycles. The molecule has 2 aromatic carbocycles. The van der Waals surface area contributed by atoms with Gasteiger partial charge < -0.3 is 10.1 Å². The Morgan fingerprint density at radius 2 is 1.81 bits per heavy atom. The third-order valence-electron chi connectivity index (χ3n) is 5.44. The average molecular weight is 355 g/mol. The van der Waals surface area contributed by atoms with E-state index in [4.69, 9.17) is 4.74 Å². The number of benzene rings is 2. The van der Waals surface area contributed by atoms with E-state index < -0.39 is 0 Å². The van der Waals surface area contributed by atoms with E-state index >= 15 is 0 Å². The van der Waals surface area contributed by atoms with E-state index in [0.29, 0.717) is 0 Å². The van der Waals surface area contributed by atoms with Crippen LogP contribution in [0.3, 0.4) is 0 Å². The Bertz CT molecular complexity index is 858. The minimum Gasteiger partial charge on any atom is -0.487 e. The Labute approximate surface area is 154 Å². The van der Waals surface area contributed by atoms with Gasteiger partial charge in [0.15, 0.2) is 0 Å². The van der Waals surface area contributed by atoms with Crippen LogP contribution >= 0.6 is 0 Å². The van der Waals surface area contributed by atoms with Gasteiger partial charge in [-0.15, -0.1) is 0 Å². The maximum atomic E-state index is 13.1. The molecule has 1 aliphatic rings. The number of hydrogen-bond donors (Lipinski definition) is 1. The SMILES string of the molecule is CC(=O)Nc1c(C)c(C)c2c(c1C)CC(C)(CCc1ccc(F)cc1)O2. The normalized spacial score (nSPS) is 18.4. The molecule has 4 heteroatoms. The van der Waals surface area contributed by atoms with Crippen molar-refractivity contribution < 1.29 is 13.9 Å². The first kappa shape index (κ1) is 18.4. The fourth-order valence-corrected chi connectivity index (χ4v) is 3.76. The van der Waals surface area contributed by atoms with Gasteiger partial charge in [0.05, 0.1) is 0 Å². The number of fused-ring (bicyclic) bond motifs is 1. The molecule has 0 saturated heterocycles. The highest BCUT2D eigenvalue weighted by molar-refractivity contribution is 5.91.